The first kappa shape index (κ1) is 25.6. The standard InChI is InChI=1S/C27H35ClN4O3/c1-16(25(34)31-14-18-6-4-5-7-20(18)28)19-8-10-27(3)11-9-21(17(2)23(27)24(19)33)32-26(35)22-15-29-12-13-30-22/h4-7,12-13,15-17,19,21,23-24,33H,8-11,14H2,1-3H3,(H,31,34)(H,32,35)/t16-,17+,19-,21-,23+,24-,27-/m0/s1. The molecule has 2 aliphatic rings. The monoisotopic (exact) mass is 498 g/mol. The van der Waals surface area contributed by atoms with Crippen LogP contribution in [0.1, 0.15) is 62.5 Å². The summed E-state index contributed by atoms with van der Waals surface area (Å²) >= 11 is 6.23. The van der Waals surface area contributed by atoms with Crippen molar-refractivity contribution in [1.82, 2.24) is 20.6 Å². The molecule has 7 nitrogen and oxygen atoms in total. The van der Waals surface area contributed by atoms with Crippen molar-refractivity contribution in [2.75, 3.05) is 0 Å². The molecule has 2 fully saturated rings. The first-order valence-electron chi connectivity index (χ1n) is 12.5. The van der Waals surface area contributed by atoms with Crippen molar-refractivity contribution in [2.24, 2.45) is 29.1 Å². The van der Waals surface area contributed by atoms with Crippen molar-refractivity contribution < 1.29 is 14.7 Å². The van der Waals surface area contributed by atoms with E-state index in [-0.39, 0.29) is 46.9 Å². The minimum absolute atomic E-state index is 0.0130. The quantitative estimate of drug-likeness (QED) is 0.558. The number of carbonyl (C=O) groups excluding carboxylic acids is 2. The zero-order chi connectivity index (χ0) is 25.2. The summed E-state index contributed by atoms with van der Waals surface area (Å²) < 4.78 is 0. The van der Waals surface area contributed by atoms with Gasteiger partial charge in [0.1, 0.15) is 5.69 Å². The Morgan fingerprint density at radius 2 is 1.97 bits per heavy atom. The lowest BCUT2D eigenvalue weighted by molar-refractivity contribution is -0.142. The molecule has 3 N–H and O–H groups in total. The molecule has 4 rings (SSSR count). The van der Waals surface area contributed by atoms with Crippen LogP contribution in [0, 0.1) is 29.1 Å². The normalized spacial score (nSPS) is 31.2. The van der Waals surface area contributed by atoms with E-state index >= 15 is 0 Å². The van der Waals surface area contributed by atoms with E-state index in [4.69, 9.17) is 11.6 Å². The Hall–Kier alpha value is -2.51. The molecule has 2 aromatic rings. The van der Waals surface area contributed by atoms with Gasteiger partial charge in [-0.15, -0.1) is 0 Å². The van der Waals surface area contributed by atoms with Crippen LogP contribution in [-0.2, 0) is 11.3 Å². The molecule has 2 aliphatic carbocycles. The Balaban J connectivity index is 1.43. The molecule has 1 aromatic heterocycles. The first-order chi connectivity index (χ1) is 16.7. The van der Waals surface area contributed by atoms with Crippen LogP contribution in [0.25, 0.3) is 0 Å². The lowest BCUT2D eigenvalue weighted by atomic mass is 9.51. The number of aliphatic hydroxyl groups is 1. The van der Waals surface area contributed by atoms with Crippen LogP contribution in [0.4, 0.5) is 0 Å². The SMILES string of the molecule is C[C@H]1[C@@H]2[C@@H](O)[C@H]([C@H](C)C(=O)NCc3ccccc3Cl)CC[C@@]2(C)CC[C@@H]1NC(=O)c1cnccn1. The highest BCUT2D eigenvalue weighted by Gasteiger charge is 2.53. The first-order valence-corrected chi connectivity index (χ1v) is 12.8. The van der Waals surface area contributed by atoms with Crippen LogP contribution in [0.2, 0.25) is 5.02 Å². The van der Waals surface area contributed by atoms with E-state index in [2.05, 4.69) is 34.4 Å². The molecule has 0 unspecified atom stereocenters. The molecule has 0 spiro atoms. The van der Waals surface area contributed by atoms with E-state index in [1.54, 1.807) is 0 Å². The van der Waals surface area contributed by atoms with Crippen molar-refractivity contribution in [3.8, 4) is 0 Å². The number of fused-ring (bicyclic) bond motifs is 1. The number of hydrogen-bond donors (Lipinski definition) is 3. The van der Waals surface area contributed by atoms with Gasteiger partial charge >= 0.3 is 0 Å². The second-order valence-electron chi connectivity index (χ2n) is 10.5. The maximum Gasteiger partial charge on any atom is 0.271 e. The maximum absolute atomic E-state index is 13.0. The Labute approximate surface area is 212 Å². The molecule has 188 valence electrons. The van der Waals surface area contributed by atoms with Gasteiger partial charge in [-0.05, 0) is 60.5 Å². The van der Waals surface area contributed by atoms with Crippen LogP contribution < -0.4 is 10.6 Å². The molecule has 1 aromatic carbocycles. The number of nitrogens with one attached hydrogen (secondary N) is 2. The zero-order valence-corrected chi connectivity index (χ0v) is 21.3. The minimum atomic E-state index is -0.624. The van der Waals surface area contributed by atoms with Crippen LogP contribution in [-0.4, -0.2) is 39.0 Å². The van der Waals surface area contributed by atoms with E-state index in [1.807, 2.05) is 31.2 Å². The van der Waals surface area contributed by atoms with Gasteiger partial charge in [-0.25, -0.2) is 4.98 Å². The highest BCUT2D eigenvalue weighted by atomic mass is 35.5. The molecular weight excluding hydrogens is 464 g/mol. The van der Waals surface area contributed by atoms with Crippen molar-refractivity contribution in [2.45, 2.75) is 65.1 Å². The molecule has 1 heterocycles. The predicted octanol–water partition coefficient (Wildman–Crippen LogP) is 4.00. The molecule has 2 amide bonds. The molecular formula is C27H35ClN4O3. The summed E-state index contributed by atoms with van der Waals surface area (Å²) in [7, 11) is 0. The number of carbonyl (C=O) groups is 2. The van der Waals surface area contributed by atoms with Gasteiger partial charge in [-0.2, -0.15) is 0 Å². The summed E-state index contributed by atoms with van der Waals surface area (Å²) in [5.41, 5.74) is 1.14. The van der Waals surface area contributed by atoms with E-state index in [1.165, 1.54) is 18.6 Å². The Kier molecular flexibility index (Phi) is 7.77. The summed E-state index contributed by atoms with van der Waals surface area (Å²) in [5, 5.41) is 18.3. The van der Waals surface area contributed by atoms with Crippen molar-refractivity contribution in [1.29, 1.82) is 0 Å². The number of aromatic nitrogens is 2. The number of rotatable bonds is 6. The largest absolute Gasteiger partial charge is 0.392 e. The number of aliphatic hydroxyl groups excluding tert-OH is 1. The number of nitrogens with zero attached hydrogens (tertiary/aromatic N) is 2. The summed E-state index contributed by atoms with van der Waals surface area (Å²) in [6.45, 7) is 6.62. The topological polar surface area (TPSA) is 104 Å². The molecule has 0 bridgehead atoms. The smallest absolute Gasteiger partial charge is 0.271 e. The number of hydrogen-bond acceptors (Lipinski definition) is 5. The second kappa shape index (κ2) is 10.6. The van der Waals surface area contributed by atoms with Gasteiger partial charge in [-0.3, -0.25) is 14.6 Å². The zero-order valence-electron chi connectivity index (χ0n) is 20.6. The molecule has 2 saturated carbocycles. The van der Waals surface area contributed by atoms with Crippen LogP contribution in [0.15, 0.2) is 42.9 Å². The van der Waals surface area contributed by atoms with Crippen molar-refractivity contribution in [3.05, 3.63) is 59.1 Å². The van der Waals surface area contributed by atoms with Gasteiger partial charge in [0, 0.05) is 35.9 Å². The van der Waals surface area contributed by atoms with Gasteiger partial charge < -0.3 is 15.7 Å². The third kappa shape index (κ3) is 5.36. The van der Waals surface area contributed by atoms with Crippen molar-refractivity contribution >= 4 is 23.4 Å². The average molecular weight is 499 g/mol. The van der Waals surface area contributed by atoms with E-state index in [0.717, 1.165) is 31.2 Å². The fraction of sp³-hybridized carbons (Fsp3) is 0.556. The average Bonchev–Trinajstić information content (AvgIpc) is 2.85. The molecule has 35 heavy (non-hydrogen) atoms. The predicted molar refractivity (Wildman–Crippen MR) is 134 cm³/mol. The van der Waals surface area contributed by atoms with Gasteiger partial charge in [0.05, 0.1) is 12.3 Å². The third-order valence-electron chi connectivity index (χ3n) is 8.47. The van der Waals surface area contributed by atoms with Crippen LogP contribution in [0.3, 0.4) is 0 Å². The number of halogens is 1. The molecule has 0 saturated heterocycles. The fourth-order valence-electron chi connectivity index (χ4n) is 6.34. The van der Waals surface area contributed by atoms with Gasteiger partial charge in [-0.1, -0.05) is 50.6 Å². The summed E-state index contributed by atoms with van der Waals surface area (Å²) in [4.78, 5) is 33.8. The highest BCUT2D eigenvalue weighted by Crippen LogP contribution is 2.55. The van der Waals surface area contributed by atoms with Gasteiger partial charge in [0.25, 0.3) is 5.91 Å². The molecule has 7 atom stereocenters. The van der Waals surface area contributed by atoms with Gasteiger partial charge in [0.15, 0.2) is 0 Å². The van der Waals surface area contributed by atoms with E-state index in [9.17, 15) is 14.7 Å². The Bertz CT molecular complexity index is 1050. The summed E-state index contributed by atoms with van der Waals surface area (Å²) in [6, 6.07) is 7.39. The lowest BCUT2D eigenvalue weighted by Crippen LogP contribution is -2.58. The highest BCUT2D eigenvalue weighted by molar-refractivity contribution is 6.31. The Morgan fingerprint density at radius 1 is 1.23 bits per heavy atom. The van der Waals surface area contributed by atoms with E-state index < -0.39 is 6.10 Å². The summed E-state index contributed by atoms with van der Waals surface area (Å²) in [5.74, 6) is -0.747. The number of amides is 2. The Morgan fingerprint density at radius 3 is 2.69 bits per heavy atom. The minimum Gasteiger partial charge on any atom is -0.392 e. The van der Waals surface area contributed by atoms with Crippen LogP contribution in [0.5, 0.6) is 0 Å². The second-order valence-corrected chi connectivity index (χ2v) is 10.9. The van der Waals surface area contributed by atoms with Crippen molar-refractivity contribution in [3.63, 3.8) is 0 Å². The molecule has 8 heteroatoms. The van der Waals surface area contributed by atoms with E-state index in [0.29, 0.717) is 17.3 Å². The lowest BCUT2D eigenvalue weighted by Gasteiger charge is -2.56. The van der Waals surface area contributed by atoms with Crippen LogP contribution >= 0.6 is 11.6 Å². The summed E-state index contributed by atoms with van der Waals surface area (Å²) in [6.07, 6.45) is 7.41. The molecule has 0 aliphatic heterocycles. The molecule has 0 radical (unpaired) electrons. The fourth-order valence-corrected chi connectivity index (χ4v) is 6.54. The maximum atomic E-state index is 13.0. The number of benzene rings is 1. The third-order valence-corrected chi connectivity index (χ3v) is 8.84. The van der Waals surface area contributed by atoms with Gasteiger partial charge in [0.2, 0.25) is 5.91 Å².